The van der Waals surface area contributed by atoms with Crippen molar-refractivity contribution in [2.24, 2.45) is 11.7 Å². The molecule has 1 aliphatic heterocycles. The van der Waals surface area contributed by atoms with Crippen LogP contribution in [0.25, 0.3) is 0 Å². The highest BCUT2D eigenvalue weighted by molar-refractivity contribution is 5.77. The molecule has 0 spiro atoms. The minimum absolute atomic E-state index is 0.0537. The summed E-state index contributed by atoms with van der Waals surface area (Å²) in [5.74, 6) is 3.31. The van der Waals surface area contributed by atoms with Crippen LogP contribution in [-0.2, 0) is 14.3 Å². The van der Waals surface area contributed by atoms with Crippen LogP contribution in [0.4, 0.5) is 0 Å². The highest BCUT2D eigenvalue weighted by Gasteiger charge is 2.21. The number of likely N-dealkylation sites (tertiary alicyclic amines) is 1. The van der Waals surface area contributed by atoms with Gasteiger partial charge in [-0.2, -0.15) is 0 Å². The molecule has 1 heterocycles. The highest BCUT2D eigenvalue weighted by atomic mass is 16.5. The zero-order valence-electron chi connectivity index (χ0n) is 11.5. The Labute approximate surface area is 115 Å². The van der Waals surface area contributed by atoms with Crippen molar-refractivity contribution in [2.45, 2.75) is 19.3 Å². The number of nitrogens with two attached hydrogens (primary N) is 1. The van der Waals surface area contributed by atoms with E-state index >= 15 is 0 Å². The molecule has 0 atom stereocenters. The number of hydrogen-bond acceptors (Lipinski definition) is 4. The number of terminal acetylenes is 1. The first-order valence-electron chi connectivity index (χ1n) is 6.84. The second-order valence-corrected chi connectivity index (χ2v) is 4.69. The van der Waals surface area contributed by atoms with Crippen molar-refractivity contribution >= 4 is 5.91 Å². The van der Waals surface area contributed by atoms with Crippen LogP contribution in [0.2, 0.25) is 0 Å². The second-order valence-electron chi connectivity index (χ2n) is 4.69. The van der Waals surface area contributed by atoms with E-state index in [4.69, 9.17) is 21.6 Å². The summed E-state index contributed by atoms with van der Waals surface area (Å²) >= 11 is 0. The average Bonchev–Trinajstić information content (AvgIpc) is 2.43. The molecule has 2 N–H and O–H groups in total. The van der Waals surface area contributed by atoms with Gasteiger partial charge < -0.3 is 20.1 Å². The number of hydrogen-bond donors (Lipinski definition) is 1. The van der Waals surface area contributed by atoms with Gasteiger partial charge in [-0.15, -0.1) is 12.3 Å². The topological polar surface area (TPSA) is 64.8 Å². The van der Waals surface area contributed by atoms with Crippen molar-refractivity contribution in [3.05, 3.63) is 0 Å². The Kier molecular flexibility index (Phi) is 8.23. The van der Waals surface area contributed by atoms with Crippen LogP contribution >= 0.6 is 0 Å². The predicted molar refractivity (Wildman–Crippen MR) is 73.4 cm³/mol. The first-order chi connectivity index (χ1) is 9.27. The molecule has 0 aliphatic carbocycles. The smallest absolute Gasteiger partial charge is 0.248 e. The molecule has 1 saturated heterocycles. The van der Waals surface area contributed by atoms with Gasteiger partial charge >= 0.3 is 0 Å². The predicted octanol–water partition coefficient (Wildman–Crippen LogP) is 0.240. The Morgan fingerprint density at radius 3 is 2.58 bits per heavy atom. The molecular weight excluding hydrogens is 244 g/mol. The second kappa shape index (κ2) is 9.79. The lowest BCUT2D eigenvalue weighted by Gasteiger charge is -2.31. The maximum atomic E-state index is 11.9. The number of amides is 1. The summed E-state index contributed by atoms with van der Waals surface area (Å²) in [5, 5.41) is 0. The Bertz CT molecular complexity index is 294. The molecular formula is C14H24N2O3. The minimum atomic E-state index is 0.0537. The summed E-state index contributed by atoms with van der Waals surface area (Å²) < 4.78 is 10.4. The van der Waals surface area contributed by atoms with Crippen LogP contribution in [0.1, 0.15) is 19.3 Å². The van der Waals surface area contributed by atoms with Gasteiger partial charge in [0.15, 0.2) is 0 Å². The van der Waals surface area contributed by atoms with E-state index in [-0.39, 0.29) is 12.5 Å². The third-order valence-electron chi connectivity index (χ3n) is 3.23. The van der Waals surface area contributed by atoms with Gasteiger partial charge in [0, 0.05) is 26.1 Å². The fraction of sp³-hybridized carbons (Fsp3) is 0.786. The molecule has 1 fully saturated rings. The van der Waals surface area contributed by atoms with E-state index in [1.807, 2.05) is 4.90 Å². The summed E-state index contributed by atoms with van der Waals surface area (Å²) in [6.45, 7) is 3.65. The number of rotatable bonds is 8. The van der Waals surface area contributed by atoms with Crippen molar-refractivity contribution in [3.63, 3.8) is 0 Å². The van der Waals surface area contributed by atoms with Gasteiger partial charge in [0.05, 0.1) is 19.8 Å². The highest BCUT2D eigenvalue weighted by Crippen LogP contribution is 2.19. The van der Waals surface area contributed by atoms with E-state index in [2.05, 4.69) is 5.92 Å². The molecule has 0 radical (unpaired) electrons. The van der Waals surface area contributed by atoms with E-state index < -0.39 is 0 Å². The van der Waals surface area contributed by atoms with Crippen molar-refractivity contribution < 1.29 is 14.3 Å². The maximum Gasteiger partial charge on any atom is 0.248 e. The quantitative estimate of drug-likeness (QED) is 0.506. The van der Waals surface area contributed by atoms with Crippen molar-refractivity contribution in [3.8, 4) is 12.3 Å². The third kappa shape index (κ3) is 6.58. The molecule has 108 valence electrons. The Balaban J connectivity index is 2.06. The first-order valence-corrected chi connectivity index (χ1v) is 6.84. The number of piperidine rings is 1. The number of carbonyl (C=O) groups is 1. The molecule has 0 unspecified atom stereocenters. The molecule has 19 heavy (non-hydrogen) atoms. The van der Waals surface area contributed by atoms with Crippen LogP contribution < -0.4 is 5.73 Å². The zero-order valence-corrected chi connectivity index (χ0v) is 11.5. The van der Waals surface area contributed by atoms with Gasteiger partial charge in [-0.05, 0) is 18.8 Å². The fourth-order valence-electron chi connectivity index (χ4n) is 2.11. The normalized spacial score (nSPS) is 16.3. The molecule has 0 aromatic rings. The van der Waals surface area contributed by atoms with Crippen LogP contribution in [0.5, 0.6) is 0 Å². The lowest BCUT2D eigenvalue weighted by Crippen LogP contribution is -2.40. The Morgan fingerprint density at radius 1 is 1.26 bits per heavy atom. The summed E-state index contributed by atoms with van der Waals surface area (Å²) in [7, 11) is 0. The summed E-state index contributed by atoms with van der Waals surface area (Å²) in [5.41, 5.74) is 5.28. The van der Waals surface area contributed by atoms with E-state index in [1.54, 1.807) is 0 Å². The van der Waals surface area contributed by atoms with E-state index in [0.29, 0.717) is 32.3 Å². The molecule has 1 rings (SSSR count). The molecule has 1 aliphatic rings. The molecule has 5 nitrogen and oxygen atoms in total. The third-order valence-corrected chi connectivity index (χ3v) is 3.23. The van der Waals surface area contributed by atoms with E-state index in [1.165, 1.54) is 0 Å². The van der Waals surface area contributed by atoms with Crippen LogP contribution in [0, 0.1) is 18.3 Å². The van der Waals surface area contributed by atoms with Gasteiger partial charge in [0.2, 0.25) is 5.91 Å². The lowest BCUT2D eigenvalue weighted by atomic mass is 9.94. The van der Waals surface area contributed by atoms with E-state index in [0.717, 1.165) is 32.4 Å². The van der Waals surface area contributed by atoms with E-state index in [9.17, 15) is 4.79 Å². The van der Waals surface area contributed by atoms with Gasteiger partial charge in [0.1, 0.15) is 6.61 Å². The van der Waals surface area contributed by atoms with Crippen LogP contribution in [0.15, 0.2) is 0 Å². The summed E-state index contributed by atoms with van der Waals surface area (Å²) in [6.07, 6.45) is 8.11. The van der Waals surface area contributed by atoms with Gasteiger partial charge in [-0.3, -0.25) is 4.79 Å². The molecule has 0 aromatic heterocycles. The fourth-order valence-corrected chi connectivity index (χ4v) is 2.11. The number of carbonyl (C=O) groups excluding carboxylic acids is 1. The number of ether oxygens (including phenoxy) is 2. The van der Waals surface area contributed by atoms with Crippen LogP contribution in [0.3, 0.4) is 0 Å². The Morgan fingerprint density at radius 2 is 1.95 bits per heavy atom. The van der Waals surface area contributed by atoms with Gasteiger partial charge in [0.25, 0.3) is 0 Å². The Hall–Kier alpha value is -1.09. The van der Waals surface area contributed by atoms with Crippen LogP contribution in [-0.4, -0.2) is 56.9 Å². The average molecular weight is 268 g/mol. The monoisotopic (exact) mass is 268 g/mol. The molecule has 0 bridgehead atoms. The summed E-state index contributed by atoms with van der Waals surface area (Å²) in [4.78, 5) is 13.7. The maximum absolute atomic E-state index is 11.9. The minimum Gasteiger partial charge on any atom is -0.378 e. The van der Waals surface area contributed by atoms with Crippen molar-refractivity contribution in [2.75, 3.05) is 46.1 Å². The SMILES string of the molecule is C#CCC1CCN(C(=O)COCCOCCN)CC1. The molecule has 0 saturated carbocycles. The molecule has 5 heteroatoms. The summed E-state index contributed by atoms with van der Waals surface area (Å²) in [6, 6.07) is 0. The standard InChI is InChI=1S/C14H24N2O3/c1-2-3-13-4-7-16(8-5-13)14(17)12-19-11-10-18-9-6-15/h1,13H,3-12,15H2. The van der Waals surface area contributed by atoms with Gasteiger partial charge in [-0.1, -0.05) is 0 Å². The van der Waals surface area contributed by atoms with Gasteiger partial charge in [-0.25, -0.2) is 0 Å². The number of nitrogens with zero attached hydrogens (tertiary/aromatic N) is 1. The largest absolute Gasteiger partial charge is 0.378 e. The first kappa shape index (κ1) is 16.0. The van der Waals surface area contributed by atoms with Crippen molar-refractivity contribution in [1.29, 1.82) is 0 Å². The molecule has 1 amide bonds. The lowest BCUT2D eigenvalue weighted by molar-refractivity contribution is -0.138. The molecule has 0 aromatic carbocycles. The zero-order chi connectivity index (χ0) is 13.9. The van der Waals surface area contributed by atoms with Crippen molar-refractivity contribution in [1.82, 2.24) is 4.90 Å².